The van der Waals surface area contributed by atoms with E-state index in [1.165, 1.54) is 36.6 Å². The summed E-state index contributed by atoms with van der Waals surface area (Å²) in [6, 6.07) is 8.70. The fourth-order valence-electron chi connectivity index (χ4n) is 3.30. The van der Waals surface area contributed by atoms with Crippen LogP contribution >= 0.6 is 0 Å². The molecule has 1 aromatic heterocycles. The van der Waals surface area contributed by atoms with Crippen molar-refractivity contribution in [2.75, 3.05) is 0 Å². The van der Waals surface area contributed by atoms with Crippen LogP contribution in [0, 0.1) is 5.92 Å². The Morgan fingerprint density at radius 2 is 1.86 bits per heavy atom. The Labute approximate surface area is 127 Å². The van der Waals surface area contributed by atoms with E-state index in [1.54, 1.807) is 0 Å². The third-order valence-corrected chi connectivity index (χ3v) is 4.35. The van der Waals surface area contributed by atoms with Gasteiger partial charge in [-0.15, -0.1) is 0 Å². The minimum Gasteiger partial charge on any atom is -0.271 e. The van der Waals surface area contributed by atoms with Crippen molar-refractivity contribution < 1.29 is 0 Å². The topological polar surface area (TPSA) is 55.9 Å². The van der Waals surface area contributed by atoms with E-state index < -0.39 is 0 Å². The summed E-state index contributed by atoms with van der Waals surface area (Å²) in [5.41, 5.74) is 5.38. The van der Waals surface area contributed by atoms with Gasteiger partial charge in [-0.1, -0.05) is 44.9 Å². The molecule has 0 aliphatic carbocycles. The number of para-hydroxylation sites is 1. The summed E-state index contributed by atoms with van der Waals surface area (Å²) < 4.78 is 1.97. The third-order valence-electron chi connectivity index (χ3n) is 4.35. The van der Waals surface area contributed by atoms with Gasteiger partial charge in [0.2, 0.25) is 0 Å². The minimum atomic E-state index is 0.295. The lowest BCUT2D eigenvalue weighted by atomic mass is 9.88. The SMILES string of the molecule is CCCC(CCC)C(Cc1nn(C)c2ccccc12)NN. The molecule has 0 radical (unpaired) electrons. The smallest absolute Gasteiger partial charge is 0.0719 e. The molecule has 1 aromatic carbocycles. The molecule has 1 unspecified atom stereocenters. The molecule has 0 amide bonds. The maximum Gasteiger partial charge on any atom is 0.0719 e. The predicted molar refractivity (Wildman–Crippen MR) is 88.8 cm³/mol. The molecule has 0 aliphatic heterocycles. The predicted octanol–water partition coefficient (Wildman–Crippen LogP) is 3.16. The number of benzene rings is 1. The van der Waals surface area contributed by atoms with E-state index in [4.69, 9.17) is 10.9 Å². The van der Waals surface area contributed by atoms with Gasteiger partial charge in [-0.25, -0.2) is 0 Å². The summed E-state index contributed by atoms with van der Waals surface area (Å²) in [4.78, 5) is 0. The largest absolute Gasteiger partial charge is 0.271 e. The van der Waals surface area contributed by atoms with Crippen LogP contribution in [0.5, 0.6) is 0 Å². The van der Waals surface area contributed by atoms with Gasteiger partial charge in [0.05, 0.1) is 11.2 Å². The van der Waals surface area contributed by atoms with Gasteiger partial charge in [-0.05, 0) is 24.8 Å². The van der Waals surface area contributed by atoms with Gasteiger partial charge in [-0.2, -0.15) is 5.10 Å². The van der Waals surface area contributed by atoms with Gasteiger partial charge in [0.15, 0.2) is 0 Å². The van der Waals surface area contributed by atoms with Crippen molar-refractivity contribution >= 4 is 10.9 Å². The van der Waals surface area contributed by atoms with E-state index in [2.05, 4.69) is 43.5 Å². The standard InChI is InChI=1S/C17H28N4/c1-4-8-13(9-5-2)15(19-18)12-16-14-10-6-7-11-17(14)21(3)20-16/h6-7,10-11,13,15,19H,4-5,8-9,12,18H2,1-3H3. The first-order chi connectivity index (χ1) is 10.2. The van der Waals surface area contributed by atoms with Gasteiger partial charge in [0, 0.05) is 24.9 Å². The first-order valence-electron chi connectivity index (χ1n) is 8.07. The highest BCUT2D eigenvalue weighted by Crippen LogP contribution is 2.24. The van der Waals surface area contributed by atoms with Crippen molar-refractivity contribution in [1.82, 2.24) is 15.2 Å². The van der Waals surface area contributed by atoms with Crippen molar-refractivity contribution in [3.8, 4) is 0 Å². The summed E-state index contributed by atoms with van der Waals surface area (Å²) >= 11 is 0. The van der Waals surface area contributed by atoms with Crippen LogP contribution in [0.1, 0.15) is 45.2 Å². The van der Waals surface area contributed by atoms with Crippen molar-refractivity contribution in [3.63, 3.8) is 0 Å². The molecule has 0 aliphatic rings. The minimum absolute atomic E-state index is 0.295. The van der Waals surface area contributed by atoms with Crippen LogP contribution in [0.25, 0.3) is 10.9 Å². The van der Waals surface area contributed by atoms with Crippen molar-refractivity contribution in [2.24, 2.45) is 18.8 Å². The quantitative estimate of drug-likeness (QED) is 0.579. The molecule has 0 spiro atoms. The van der Waals surface area contributed by atoms with E-state index >= 15 is 0 Å². The molecule has 1 atom stereocenters. The highest BCUT2D eigenvalue weighted by atomic mass is 15.3. The normalized spacial score (nSPS) is 13.2. The summed E-state index contributed by atoms with van der Waals surface area (Å²) in [6.07, 6.45) is 5.72. The number of nitrogens with zero attached hydrogens (tertiary/aromatic N) is 2. The van der Waals surface area contributed by atoms with Crippen LogP contribution < -0.4 is 11.3 Å². The Morgan fingerprint density at radius 3 is 2.48 bits per heavy atom. The molecule has 1 heterocycles. The number of fused-ring (bicyclic) bond motifs is 1. The Kier molecular flexibility index (Phi) is 5.76. The van der Waals surface area contributed by atoms with Crippen LogP contribution in [0.2, 0.25) is 0 Å². The fourth-order valence-corrected chi connectivity index (χ4v) is 3.30. The lowest BCUT2D eigenvalue weighted by molar-refractivity contribution is 0.310. The molecule has 2 rings (SSSR count). The number of hydrogen-bond acceptors (Lipinski definition) is 3. The first-order valence-corrected chi connectivity index (χ1v) is 8.07. The summed E-state index contributed by atoms with van der Waals surface area (Å²) in [7, 11) is 2.01. The van der Waals surface area contributed by atoms with E-state index in [-0.39, 0.29) is 0 Å². The zero-order valence-electron chi connectivity index (χ0n) is 13.5. The molecule has 116 valence electrons. The third kappa shape index (κ3) is 3.63. The van der Waals surface area contributed by atoms with Crippen molar-refractivity contribution in [1.29, 1.82) is 0 Å². The molecule has 0 saturated carbocycles. The first kappa shape index (κ1) is 16.0. The molecular weight excluding hydrogens is 260 g/mol. The fraction of sp³-hybridized carbons (Fsp3) is 0.588. The van der Waals surface area contributed by atoms with E-state index in [9.17, 15) is 0 Å². The Bertz CT molecular complexity index is 555. The van der Waals surface area contributed by atoms with Crippen LogP contribution in [0.3, 0.4) is 0 Å². The summed E-state index contributed by atoms with van der Waals surface area (Å²) in [6.45, 7) is 4.48. The lowest BCUT2D eigenvalue weighted by Gasteiger charge is -2.25. The summed E-state index contributed by atoms with van der Waals surface area (Å²) in [5.74, 6) is 6.46. The molecular formula is C17H28N4. The van der Waals surface area contributed by atoms with Gasteiger partial charge in [-0.3, -0.25) is 16.0 Å². The average molecular weight is 288 g/mol. The molecule has 4 heteroatoms. The van der Waals surface area contributed by atoms with Crippen molar-refractivity contribution in [2.45, 2.75) is 52.0 Å². The van der Waals surface area contributed by atoms with Crippen LogP contribution in [0.15, 0.2) is 24.3 Å². The molecule has 0 bridgehead atoms. The van der Waals surface area contributed by atoms with E-state index in [1.807, 2.05) is 11.7 Å². The van der Waals surface area contributed by atoms with Crippen LogP contribution in [-0.2, 0) is 13.5 Å². The number of aromatic nitrogens is 2. The van der Waals surface area contributed by atoms with Crippen LogP contribution in [-0.4, -0.2) is 15.8 Å². The summed E-state index contributed by atoms with van der Waals surface area (Å²) in [5, 5.41) is 5.94. The maximum absolute atomic E-state index is 5.85. The van der Waals surface area contributed by atoms with Crippen molar-refractivity contribution in [3.05, 3.63) is 30.0 Å². The highest BCUT2D eigenvalue weighted by molar-refractivity contribution is 5.81. The van der Waals surface area contributed by atoms with Crippen LogP contribution in [0.4, 0.5) is 0 Å². The lowest BCUT2D eigenvalue weighted by Crippen LogP contribution is -2.42. The zero-order chi connectivity index (χ0) is 15.2. The zero-order valence-corrected chi connectivity index (χ0v) is 13.5. The Morgan fingerprint density at radius 1 is 1.19 bits per heavy atom. The molecule has 0 fully saturated rings. The van der Waals surface area contributed by atoms with E-state index in [0.717, 1.165) is 12.1 Å². The van der Waals surface area contributed by atoms with Gasteiger partial charge in [0.25, 0.3) is 0 Å². The number of hydrazine groups is 1. The second kappa shape index (κ2) is 7.57. The number of rotatable bonds is 8. The molecule has 0 saturated heterocycles. The second-order valence-electron chi connectivity index (χ2n) is 5.90. The Balaban J connectivity index is 2.23. The van der Waals surface area contributed by atoms with Gasteiger partial charge in [0.1, 0.15) is 0 Å². The van der Waals surface area contributed by atoms with Gasteiger partial charge >= 0.3 is 0 Å². The van der Waals surface area contributed by atoms with E-state index in [0.29, 0.717) is 12.0 Å². The Hall–Kier alpha value is -1.39. The van der Waals surface area contributed by atoms with Gasteiger partial charge < -0.3 is 0 Å². The number of hydrogen-bond donors (Lipinski definition) is 2. The second-order valence-corrected chi connectivity index (χ2v) is 5.90. The molecule has 4 nitrogen and oxygen atoms in total. The number of aryl methyl sites for hydroxylation is 1. The molecule has 2 aromatic rings. The monoisotopic (exact) mass is 288 g/mol. The molecule has 21 heavy (non-hydrogen) atoms. The number of nitrogens with one attached hydrogen (secondary N) is 1. The molecule has 3 N–H and O–H groups in total. The highest BCUT2D eigenvalue weighted by Gasteiger charge is 2.21. The maximum atomic E-state index is 5.85. The number of nitrogens with two attached hydrogens (primary N) is 1. The average Bonchev–Trinajstić information content (AvgIpc) is 2.81.